The fourth-order valence-corrected chi connectivity index (χ4v) is 2.95. The Bertz CT molecular complexity index is 653. The molecule has 0 bridgehead atoms. The number of hydrogen-bond donors (Lipinski definition) is 2. The summed E-state index contributed by atoms with van der Waals surface area (Å²) in [5.41, 5.74) is 5.72. The Balaban J connectivity index is 2.06. The number of carbonyl (C=O) groups is 1. The highest BCUT2D eigenvalue weighted by atomic mass is 19.4. The van der Waals surface area contributed by atoms with Gasteiger partial charge in [-0.1, -0.05) is 0 Å². The fraction of sp³-hybridized carbons (Fsp3) is 0.533. The van der Waals surface area contributed by atoms with Gasteiger partial charge in [0.05, 0.1) is 10.8 Å². The minimum absolute atomic E-state index is 0.0324. The van der Waals surface area contributed by atoms with Crippen LogP contribution in [0.3, 0.4) is 0 Å². The van der Waals surface area contributed by atoms with Crippen molar-refractivity contribution in [3.63, 3.8) is 0 Å². The number of nitrogens with one attached hydrogen (secondary N) is 1. The number of anilines is 1. The van der Waals surface area contributed by atoms with Crippen LogP contribution in [0.4, 0.5) is 24.5 Å². The van der Waals surface area contributed by atoms with Crippen LogP contribution in [0.5, 0.6) is 0 Å². The average molecular weight is 345 g/mol. The predicted octanol–water partition coefficient (Wildman–Crippen LogP) is 3.34. The number of nitro groups is 1. The quantitative estimate of drug-likeness (QED) is 0.499. The van der Waals surface area contributed by atoms with Crippen LogP contribution in [0.15, 0.2) is 12.1 Å². The zero-order valence-electron chi connectivity index (χ0n) is 13.0. The van der Waals surface area contributed by atoms with Gasteiger partial charge in [-0.25, -0.2) is 0 Å². The first-order chi connectivity index (χ1) is 11.1. The van der Waals surface area contributed by atoms with E-state index < -0.39 is 22.9 Å². The molecule has 0 heterocycles. The Morgan fingerprint density at radius 1 is 1.29 bits per heavy atom. The van der Waals surface area contributed by atoms with Crippen molar-refractivity contribution in [1.29, 1.82) is 0 Å². The van der Waals surface area contributed by atoms with Crippen LogP contribution in [-0.4, -0.2) is 23.0 Å². The van der Waals surface area contributed by atoms with Crippen LogP contribution in [-0.2, 0) is 0 Å². The first-order valence-corrected chi connectivity index (χ1v) is 7.51. The number of carbonyl (C=O) groups excluding carboxylic acids is 1. The zero-order valence-corrected chi connectivity index (χ0v) is 13.0. The molecule has 0 aromatic heterocycles. The minimum atomic E-state index is -4.21. The van der Waals surface area contributed by atoms with E-state index in [0.717, 1.165) is 6.07 Å². The van der Waals surface area contributed by atoms with E-state index in [4.69, 9.17) is 5.73 Å². The summed E-state index contributed by atoms with van der Waals surface area (Å²) in [7, 11) is 0. The molecule has 1 amide bonds. The van der Waals surface area contributed by atoms with Crippen molar-refractivity contribution in [3.8, 4) is 0 Å². The SMILES string of the molecule is Cc1cc(N)c([N+](=O)[O-])cc1C(=O)NC1CCC(C(F)(F)F)CC1. The molecule has 132 valence electrons. The molecule has 1 saturated carbocycles. The van der Waals surface area contributed by atoms with Gasteiger partial charge in [-0.3, -0.25) is 14.9 Å². The molecule has 0 radical (unpaired) electrons. The minimum Gasteiger partial charge on any atom is -0.393 e. The van der Waals surface area contributed by atoms with Gasteiger partial charge < -0.3 is 11.1 Å². The lowest BCUT2D eigenvalue weighted by Crippen LogP contribution is -2.40. The number of aryl methyl sites for hydroxylation is 1. The molecule has 1 fully saturated rings. The summed E-state index contributed by atoms with van der Waals surface area (Å²) >= 11 is 0. The number of nitro benzene ring substituents is 1. The van der Waals surface area contributed by atoms with E-state index in [-0.39, 0.29) is 48.7 Å². The second-order valence-electron chi connectivity index (χ2n) is 6.05. The Labute approximate surface area is 136 Å². The van der Waals surface area contributed by atoms with Crippen molar-refractivity contribution >= 4 is 17.3 Å². The van der Waals surface area contributed by atoms with Crippen molar-refractivity contribution < 1.29 is 22.9 Å². The molecule has 1 aliphatic carbocycles. The molecule has 0 atom stereocenters. The molecule has 1 aromatic rings. The maximum atomic E-state index is 12.6. The van der Waals surface area contributed by atoms with E-state index in [1.54, 1.807) is 6.92 Å². The number of nitrogens with two attached hydrogens (primary N) is 1. The number of rotatable bonds is 3. The van der Waals surface area contributed by atoms with Gasteiger partial charge in [-0.05, 0) is 44.2 Å². The smallest absolute Gasteiger partial charge is 0.391 e. The number of alkyl halides is 3. The second-order valence-corrected chi connectivity index (χ2v) is 6.05. The van der Waals surface area contributed by atoms with Crippen LogP contribution < -0.4 is 11.1 Å². The number of nitrogens with zero attached hydrogens (tertiary/aromatic N) is 1. The summed E-state index contributed by atoms with van der Waals surface area (Å²) in [6, 6.07) is 2.07. The highest BCUT2D eigenvalue weighted by molar-refractivity contribution is 5.97. The molecule has 1 aliphatic rings. The van der Waals surface area contributed by atoms with E-state index in [9.17, 15) is 28.1 Å². The van der Waals surface area contributed by atoms with Gasteiger partial charge in [0.1, 0.15) is 5.69 Å². The average Bonchev–Trinajstić information content (AvgIpc) is 2.46. The molecule has 6 nitrogen and oxygen atoms in total. The summed E-state index contributed by atoms with van der Waals surface area (Å²) in [5.74, 6) is -1.86. The molecular weight excluding hydrogens is 327 g/mol. The summed E-state index contributed by atoms with van der Waals surface area (Å²) in [6.07, 6.45) is -3.81. The predicted molar refractivity (Wildman–Crippen MR) is 81.5 cm³/mol. The molecular formula is C15H18F3N3O3. The first kappa shape index (κ1) is 18.0. The molecule has 0 unspecified atom stereocenters. The van der Waals surface area contributed by atoms with Gasteiger partial charge in [0.2, 0.25) is 0 Å². The molecule has 1 aromatic carbocycles. The molecule has 3 N–H and O–H groups in total. The van der Waals surface area contributed by atoms with Crippen LogP contribution in [0.1, 0.15) is 41.6 Å². The van der Waals surface area contributed by atoms with E-state index >= 15 is 0 Å². The highest BCUT2D eigenvalue weighted by Crippen LogP contribution is 2.37. The Kier molecular flexibility index (Phi) is 5.00. The van der Waals surface area contributed by atoms with Gasteiger partial charge in [-0.15, -0.1) is 0 Å². The van der Waals surface area contributed by atoms with Crippen molar-refractivity contribution in [3.05, 3.63) is 33.4 Å². The van der Waals surface area contributed by atoms with Crippen LogP contribution in [0.2, 0.25) is 0 Å². The van der Waals surface area contributed by atoms with E-state index in [0.29, 0.717) is 5.56 Å². The van der Waals surface area contributed by atoms with E-state index in [1.807, 2.05) is 0 Å². The van der Waals surface area contributed by atoms with Gasteiger partial charge in [0, 0.05) is 17.7 Å². The van der Waals surface area contributed by atoms with Gasteiger partial charge in [0.15, 0.2) is 0 Å². The lowest BCUT2D eigenvalue weighted by Gasteiger charge is -2.30. The molecule has 0 spiro atoms. The third-order valence-corrected chi connectivity index (χ3v) is 4.34. The third kappa shape index (κ3) is 3.95. The number of amides is 1. The first-order valence-electron chi connectivity index (χ1n) is 7.51. The zero-order chi connectivity index (χ0) is 18.1. The molecule has 2 rings (SSSR count). The largest absolute Gasteiger partial charge is 0.393 e. The van der Waals surface area contributed by atoms with Crippen LogP contribution in [0.25, 0.3) is 0 Å². The normalized spacial score (nSPS) is 21.3. The molecule has 9 heteroatoms. The topological polar surface area (TPSA) is 98.3 Å². The van der Waals surface area contributed by atoms with Crippen molar-refractivity contribution in [1.82, 2.24) is 5.32 Å². The van der Waals surface area contributed by atoms with Crippen molar-refractivity contribution in [2.75, 3.05) is 5.73 Å². The summed E-state index contributed by atoms with van der Waals surface area (Å²) < 4.78 is 37.9. The van der Waals surface area contributed by atoms with E-state index in [1.165, 1.54) is 6.07 Å². The molecule has 24 heavy (non-hydrogen) atoms. The molecule has 0 saturated heterocycles. The number of nitrogen functional groups attached to an aromatic ring is 1. The van der Waals surface area contributed by atoms with Crippen LogP contribution >= 0.6 is 0 Å². The summed E-state index contributed by atoms with van der Waals surface area (Å²) in [6.45, 7) is 1.59. The number of halogens is 3. The van der Waals surface area contributed by atoms with Crippen molar-refractivity contribution in [2.45, 2.75) is 44.8 Å². The summed E-state index contributed by atoms with van der Waals surface area (Å²) in [5, 5.41) is 13.6. The highest BCUT2D eigenvalue weighted by Gasteiger charge is 2.41. The Morgan fingerprint density at radius 2 is 1.88 bits per heavy atom. The number of benzene rings is 1. The monoisotopic (exact) mass is 345 g/mol. The maximum absolute atomic E-state index is 12.6. The second kappa shape index (κ2) is 6.66. The maximum Gasteiger partial charge on any atom is 0.391 e. The van der Waals surface area contributed by atoms with E-state index in [2.05, 4.69) is 5.32 Å². The van der Waals surface area contributed by atoms with Gasteiger partial charge in [-0.2, -0.15) is 13.2 Å². The Morgan fingerprint density at radius 3 is 2.38 bits per heavy atom. The molecule has 0 aliphatic heterocycles. The fourth-order valence-electron chi connectivity index (χ4n) is 2.95. The standard InChI is InChI=1S/C15H18F3N3O3/c1-8-6-12(19)13(21(23)24)7-11(8)14(22)20-10-4-2-9(3-5-10)15(16,17)18/h6-7,9-10H,2-5,19H2,1H3,(H,20,22). The Hall–Kier alpha value is -2.32. The number of hydrogen-bond acceptors (Lipinski definition) is 4. The van der Waals surface area contributed by atoms with Crippen molar-refractivity contribution in [2.24, 2.45) is 5.92 Å². The third-order valence-electron chi connectivity index (χ3n) is 4.34. The summed E-state index contributed by atoms with van der Waals surface area (Å²) in [4.78, 5) is 22.5. The lowest BCUT2D eigenvalue weighted by atomic mass is 9.85. The van der Waals surface area contributed by atoms with Gasteiger partial charge in [0.25, 0.3) is 11.6 Å². The lowest BCUT2D eigenvalue weighted by molar-refractivity contribution is -0.383. The van der Waals surface area contributed by atoms with Gasteiger partial charge >= 0.3 is 6.18 Å². The van der Waals surface area contributed by atoms with Crippen LogP contribution in [0, 0.1) is 23.0 Å².